The highest BCUT2D eigenvalue weighted by atomic mass is 79.9. The third kappa shape index (κ3) is 1.75. The molecule has 2 rings (SSSR count). The van der Waals surface area contributed by atoms with Crippen LogP contribution in [0.25, 0.3) is 0 Å². The standard InChI is InChI=1S/C10H9BrO2/c11-8-4-2-5-9-7(8)3-1-6-10(12)13-9/h2,4-5H,1,3,6H2. The average molecular weight is 241 g/mol. The van der Waals surface area contributed by atoms with Gasteiger partial charge in [-0.1, -0.05) is 22.0 Å². The first-order valence-corrected chi connectivity index (χ1v) is 5.05. The molecule has 1 aromatic carbocycles. The van der Waals surface area contributed by atoms with Gasteiger partial charge in [0.1, 0.15) is 5.75 Å². The van der Waals surface area contributed by atoms with Crippen molar-refractivity contribution in [2.24, 2.45) is 0 Å². The van der Waals surface area contributed by atoms with Gasteiger partial charge < -0.3 is 4.74 Å². The molecule has 0 saturated heterocycles. The van der Waals surface area contributed by atoms with E-state index in [9.17, 15) is 4.79 Å². The molecule has 13 heavy (non-hydrogen) atoms. The fourth-order valence-corrected chi connectivity index (χ4v) is 2.01. The van der Waals surface area contributed by atoms with Crippen molar-refractivity contribution in [3.05, 3.63) is 28.2 Å². The van der Waals surface area contributed by atoms with E-state index in [4.69, 9.17) is 4.74 Å². The molecular weight excluding hydrogens is 232 g/mol. The molecular formula is C10H9BrO2. The number of esters is 1. The highest BCUT2D eigenvalue weighted by molar-refractivity contribution is 9.10. The predicted octanol–water partition coefficient (Wildman–Crippen LogP) is 2.69. The number of fused-ring (bicyclic) bond motifs is 1. The molecule has 0 spiro atoms. The van der Waals surface area contributed by atoms with Crippen LogP contribution in [-0.2, 0) is 11.2 Å². The van der Waals surface area contributed by atoms with Gasteiger partial charge in [0.05, 0.1) is 0 Å². The number of benzene rings is 1. The van der Waals surface area contributed by atoms with Crippen LogP contribution in [0.4, 0.5) is 0 Å². The molecule has 1 aliphatic rings. The van der Waals surface area contributed by atoms with Gasteiger partial charge in [0.25, 0.3) is 0 Å². The van der Waals surface area contributed by atoms with Crippen LogP contribution in [0, 0.1) is 0 Å². The number of carbonyl (C=O) groups excluding carboxylic acids is 1. The molecule has 68 valence electrons. The van der Waals surface area contributed by atoms with E-state index >= 15 is 0 Å². The van der Waals surface area contributed by atoms with Crippen molar-refractivity contribution in [2.45, 2.75) is 19.3 Å². The van der Waals surface area contributed by atoms with E-state index in [2.05, 4.69) is 15.9 Å². The number of ether oxygens (including phenoxy) is 1. The Morgan fingerprint density at radius 3 is 3.00 bits per heavy atom. The zero-order valence-electron chi connectivity index (χ0n) is 7.05. The van der Waals surface area contributed by atoms with Crippen LogP contribution in [0.15, 0.2) is 22.7 Å². The fourth-order valence-electron chi connectivity index (χ4n) is 1.46. The number of hydrogen-bond acceptors (Lipinski definition) is 2. The summed E-state index contributed by atoms with van der Waals surface area (Å²) in [6, 6.07) is 5.68. The van der Waals surface area contributed by atoms with Gasteiger partial charge in [0.15, 0.2) is 0 Å². The number of rotatable bonds is 0. The first kappa shape index (κ1) is 8.75. The summed E-state index contributed by atoms with van der Waals surface area (Å²) in [6.45, 7) is 0. The SMILES string of the molecule is O=C1CCCc2c(Br)cccc2O1. The summed E-state index contributed by atoms with van der Waals surface area (Å²) in [5.74, 6) is 0.578. The molecule has 0 unspecified atom stereocenters. The summed E-state index contributed by atoms with van der Waals surface area (Å²) in [4.78, 5) is 11.1. The van der Waals surface area contributed by atoms with Gasteiger partial charge in [-0.2, -0.15) is 0 Å². The molecule has 0 N–H and O–H groups in total. The van der Waals surface area contributed by atoms with Crippen LogP contribution in [0.5, 0.6) is 5.75 Å². The van der Waals surface area contributed by atoms with Crippen LogP contribution < -0.4 is 4.74 Å². The molecule has 2 nitrogen and oxygen atoms in total. The summed E-state index contributed by atoms with van der Waals surface area (Å²) >= 11 is 3.45. The minimum absolute atomic E-state index is 0.128. The zero-order chi connectivity index (χ0) is 9.26. The highest BCUT2D eigenvalue weighted by Crippen LogP contribution is 2.30. The van der Waals surface area contributed by atoms with Crippen LogP contribution >= 0.6 is 15.9 Å². The minimum Gasteiger partial charge on any atom is -0.426 e. The molecule has 1 aliphatic heterocycles. The Kier molecular flexibility index (Phi) is 2.36. The Hall–Kier alpha value is -0.830. The Labute approximate surface area is 85.0 Å². The third-order valence-corrected chi connectivity index (χ3v) is 2.85. The summed E-state index contributed by atoms with van der Waals surface area (Å²) in [5, 5.41) is 0. The van der Waals surface area contributed by atoms with Gasteiger partial charge in [-0.05, 0) is 25.0 Å². The molecule has 0 aromatic heterocycles. The second kappa shape index (κ2) is 3.50. The minimum atomic E-state index is -0.128. The van der Waals surface area contributed by atoms with Crippen LogP contribution in [0.1, 0.15) is 18.4 Å². The molecule has 0 aliphatic carbocycles. The molecule has 0 bridgehead atoms. The van der Waals surface area contributed by atoms with Crippen molar-refractivity contribution < 1.29 is 9.53 Å². The summed E-state index contributed by atoms with van der Waals surface area (Å²) in [5.41, 5.74) is 1.10. The fraction of sp³-hybridized carbons (Fsp3) is 0.300. The number of halogens is 1. The van der Waals surface area contributed by atoms with E-state index in [1.54, 1.807) is 0 Å². The normalized spacial score (nSPS) is 15.9. The van der Waals surface area contributed by atoms with Gasteiger partial charge in [0, 0.05) is 16.5 Å². The topological polar surface area (TPSA) is 26.3 Å². The first-order valence-electron chi connectivity index (χ1n) is 4.25. The molecule has 0 atom stereocenters. The Balaban J connectivity index is 2.45. The van der Waals surface area contributed by atoms with E-state index in [0.717, 1.165) is 22.9 Å². The maximum Gasteiger partial charge on any atom is 0.311 e. The molecule has 0 saturated carbocycles. The van der Waals surface area contributed by atoms with Crippen LogP contribution in [0.3, 0.4) is 0 Å². The van der Waals surface area contributed by atoms with E-state index in [1.807, 2.05) is 18.2 Å². The van der Waals surface area contributed by atoms with Gasteiger partial charge in [-0.15, -0.1) is 0 Å². The van der Waals surface area contributed by atoms with Gasteiger partial charge in [-0.25, -0.2) is 0 Å². The third-order valence-electron chi connectivity index (χ3n) is 2.11. The average Bonchev–Trinajstić information content (AvgIpc) is 2.27. The smallest absolute Gasteiger partial charge is 0.311 e. The Morgan fingerprint density at radius 2 is 2.15 bits per heavy atom. The van der Waals surface area contributed by atoms with Crippen LogP contribution in [0.2, 0.25) is 0 Å². The van der Waals surface area contributed by atoms with Gasteiger partial charge in [-0.3, -0.25) is 4.79 Å². The monoisotopic (exact) mass is 240 g/mol. The summed E-state index contributed by atoms with van der Waals surface area (Å²) in [7, 11) is 0. The van der Waals surface area contributed by atoms with Crippen molar-refractivity contribution in [3.63, 3.8) is 0 Å². The van der Waals surface area contributed by atoms with Gasteiger partial charge >= 0.3 is 5.97 Å². The largest absolute Gasteiger partial charge is 0.426 e. The lowest BCUT2D eigenvalue weighted by molar-refractivity contribution is -0.134. The van der Waals surface area contributed by atoms with Crippen LogP contribution in [-0.4, -0.2) is 5.97 Å². The Morgan fingerprint density at radius 1 is 1.31 bits per heavy atom. The molecule has 3 heteroatoms. The maximum atomic E-state index is 11.1. The molecule has 0 amide bonds. The maximum absolute atomic E-state index is 11.1. The van der Waals surface area contributed by atoms with E-state index in [-0.39, 0.29) is 5.97 Å². The second-order valence-electron chi connectivity index (χ2n) is 3.04. The van der Waals surface area contributed by atoms with Crippen molar-refractivity contribution in [3.8, 4) is 5.75 Å². The quantitative estimate of drug-likeness (QED) is 0.515. The van der Waals surface area contributed by atoms with Crippen molar-refractivity contribution in [2.75, 3.05) is 0 Å². The van der Waals surface area contributed by atoms with Crippen molar-refractivity contribution in [1.82, 2.24) is 0 Å². The lowest BCUT2D eigenvalue weighted by atomic mass is 10.1. The Bertz CT molecular complexity index is 347. The first-order chi connectivity index (χ1) is 6.27. The van der Waals surface area contributed by atoms with E-state index in [0.29, 0.717) is 12.2 Å². The summed E-state index contributed by atoms with van der Waals surface area (Å²) < 4.78 is 6.20. The van der Waals surface area contributed by atoms with E-state index in [1.165, 1.54) is 0 Å². The molecule has 1 heterocycles. The summed E-state index contributed by atoms with van der Waals surface area (Å²) in [6.07, 6.45) is 2.29. The molecule has 0 radical (unpaired) electrons. The van der Waals surface area contributed by atoms with Gasteiger partial charge in [0.2, 0.25) is 0 Å². The molecule has 0 fully saturated rings. The van der Waals surface area contributed by atoms with E-state index < -0.39 is 0 Å². The lowest BCUT2D eigenvalue weighted by Crippen LogP contribution is -2.05. The van der Waals surface area contributed by atoms with Crippen molar-refractivity contribution in [1.29, 1.82) is 0 Å². The highest BCUT2D eigenvalue weighted by Gasteiger charge is 2.16. The second-order valence-corrected chi connectivity index (χ2v) is 3.90. The zero-order valence-corrected chi connectivity index (χ0v) is 8.63. The predicted molar refractivity (Wildman–Crippen MR) is 52.7 cm³/mol. The lowest BCUT2D eigenvalue weighted by Gasteiger charge is -2.06. The van der Waals surface area contributed by atoms with Crippen molar-refractivity contribution >= 4 is 21.9 Å². The number of hydrogen-bond donors (Lipinski definition) is 0. The number of carbonyl (C=O) groups is 1. The molecule has 1 aromatic rings.